The van der Waals surface area contributed by atoms with E-state index in [-0.39, 0.29) is 5.54 Å². The fourth-order valence-electron chi connectivity index (χ4n) is 1.59. The molecule has 0 heterocycles. The molecule has 3 heteroatoms. The maximum atomic E-state index is 6.06. The van der Waals surface area contributed by atoms with Crippen molar-refractivity contribution in [1.82, 2.24) is 5.32 Å². The van der Waals surface area contributed by atoms with Crippen LogP contribution >= 0.6 is 11.6 Å². The maximum Gasteiger partial charge on any atom is 0.138 e. The second kappa shape index (κ2) is 7.01. The highest BCUT2D eigenvalue weighted by molar-refractivity contribution is 6.32. The molecule has 0 aliphatic rings. The summed E-state index contributed by atoms with van der Waals surface area (Å²) in [6.45, 7) is 10.3. The standard InChI is InChI=1S/C15H24ClNO/c1-12-7-8-13(16)14(11-12)18-10-6-5-9-17-15(2,3)4/h7-8,11,17H,5-6,9-10H2,1-4H3. The number of nitrogens with one attached hydrogen (secondary N) is 1. The van der Waals surface area contributed by atoms with Crippen LogP contribution in [0.1, 0.15) is 39.2 Å². The lowest BCUT2D eigenvalue weighted by Gasteiger charge is -2.20. The first-order valence-electron chi connectivity index (χ1n) is 6.52. The van der Waals surface area contributed by atoms with Crippen molar-refractivity contribution in [3.05, 3.63) is 28.8 Å². The number of unbranched alkanes of at least 4 members (excludes halogenated alkanes) is 1. The summed E-state index contributed by atoms with van der Waals surface area (Å²) >= 11 is 6.06. The zero-order valence-electron chi connectivity index (χ0n) is 11.8. The molecule has 0 unspecified atom stereocenters. The molecule has 2 nitrogen and oxygen atoms in total. The van der Waals surface area contributed by atoms with Crippen molar-refractivity contribution in [2.24, 2.45) is 0 Å². The van der Waals surface area contributed by atoms with E-state index >= 15 is 0 Å². The van der Waals surface area contributed by atoms with E-state index in [0.717, 1.165) is 31.7 Å². The van der Waals surface area contributed by atoms with E-state index in [4.69, 9.17) is 16.3 Å². The van der Waals surface area contributed by atoms with Gasteiger partial charge in [0.1, 0.15) is 5.75 Å². The van der Waals surface area contributed by atoms with Gasteiger partial charge in [0.25, 0.3) is 0 Å². The highest BCUT2D eigenvalue weighted by atomic mass is 35.5. The van der Waals surface area contributed by atoms with Crippen LogP contribution in [0, 0.1) is 6.92 Å². The Hall–Kier alpha value is -0.730. The molecule has 18 heavy (non-hydrogen) atoms. The Morgan fingerprint density at radius 3 is 2.61 bits per heavy atom. The van der Waals surface area contributed by atoms with Crippen LogP contribution in [0.5, 0.6) is 5.75 Å². The van der Waals surface area contributed by atoms with Crippen molar-refractivity contribution >= 4 is 11.6 Å². The van der Waals surface area contributed by atoms with Crippen LogP contribution in [-0.4, -0.2) is 18.7 Å². The van der Waals surface area contributed by atoms with Crippen LogP contribution in [0.2, 0.25) is 5.02 Å². The van der Waals surface area contributed by atoms with Crippen LogP contribution < -0.4 is 10.1 Å². The lowest BCUT2D eigenvalue weighted by Crippen LogP contribution is -2.36. The molecule has 0 bridgehead atoms. The molecule has 0 saturated heterocycles. The third-order valence-corrected chi connectivity index (χ3v) is 2.88. The zero-order chi connectivity index (χ0) is 13.6. The average Bonchev–Trinajstić information content (AvgIpc) is 2.26. The zero-order valence-corrected chi connectivity index (χ0v) is 12.6. The molecule has 0 saturated carbocycles. The number of ether oxygens (including phenoxy) is 1. The molecule has 0 amide bonds. The normalized spacial score (nSPS) is 11.6. The van der Waals surface area contributed by atoms with Gasteiger partial charge in [0.2, 0.25) is 0 Å². The van der Waals surface area contributed by atoms with E-state index < -0.39 is 0 Å². The lowest BCUT2D eigenvalue weighted by molar-refractivity contribution is 0.301. The first kappa shape index (κ1) is 15.3. The summed E-state index contributed by atoms with van der Waals surface area (Å²) in [7, 11) is 0. The molecule has 0 radical (unpaired) electrons. The van der Waals surface area contributed by atoms with E-state index in [1.54, 1.807) is 0 Å². The van der Waals surface area contributed by atoms with E-state index in [1.807, 2.05) is 25.1 Å². The third-order valence-electron chi connectivity index (χ3n) is 2.57. The summed E-state index contributed by atoms with van der Waals surface area (Å²) in [4.78, 5) is 0. The Balaban J connectivity index is 2.20. The van der Waals surface area contributed by atoms with E-state index in [2.05, 4.69) is 26.1 Å². The topological polar surface area (TPSA) is 21.3 Å². The molecular formula is C15H24ClNO. The highest BCUT2D eigenvalue weighted by Crippen LogP contribution is 2.25. The molecule has 1 N–H and O–H groups in total. The largest absolute Gasteiger partial charge is 0.492 e. The number of hydrogen-bond donors (Lipinski definition) is 1. The molecule has 0 atom stereocenters. The molecule has 0 spiro atoms. The summed E-state index contributed by atoms with van der Waals surface area (Å²) < 4.78 is 5.69. The predicted octanol–water partition coefficient (Wildman–Crippen LogP) is 4.20. The number of benzene rings is 1. The summed E-state index contributed by atoms with van der Waals surface area (Å²) in [6, 6.07) is 5.85. The monoisotopic (exact) mass is 269 g/mol. The van der Waals surface area contributed by atoms with Crippen LogP contribution in [0.3, 0.4) is 0 Å². The van der Waals surface area contributed by atoms with Crippen molar-refractivity contribution < 1.29 is 4.74 Å². The first-order chi connectivity index (χ1) is 8.38. The molecule has 0 aromatic heterocycles. The Morgan fingerprint density at radius 1 is 1.22 bits per heavy atom. The second-order valence-corrected chi connectivity index (χ2v) is 6.07. The van der Waals surface area contributed by atoms with Gasteiger partial charge >= 0.3 is 0 Å². The van der Waals surface area contributed by atoms with Gasteiger partial charge in [-0.05, 0) is 64.8 Å². The minimum absolute atomic E-state index is 0.195. The van der Waals surface area contributed by atoms with Crippen molar-refractivity contribution in [2.45, 2.75) is 46.1 Å². The average molecular weight is 270 g/mol. The van der Waals surface area contributed by atoms with Crippen LogP contribution in [-0.2, 0) is 0 Å². The maximum absolute atomic E-state index is 6.06. The van der Waals surface area contributed by atoms with Crippen molar-refractivity contribution in [3.8, 4) is 5.75 Å². The van der Waals surface area contributed by atoms with Gasteiger partial charge in [-0.15, -0.1) is 0 Å². The van der Waals surface area contributed by atoms with Gasteiger partial charge in [0.05, 0.1) is 11.6 Å². The van der Waals surface area contributed by atoms with Gasteiger partial charge in [0.15, 0.2) is 0 Å². The SMILES string of the molecule is Cc1ccc(Cl)c(OCCCCNC(C)(C)C)c1. The summed E-state index contributed by atoms with van der Waals surface area (Å²) in [5.74, 6) is 0.792. The van der Waals surface area contributed by atoms with Gasteiger partial charge in [0, 0.05) is 5.54 Å². The molecule has 1 aromatic rings. The minimum atomic E-state index is 0.195. The molecule has 0 fully saturated rings. The Bertz CT molecular complexity index is 371. The summed E-state index contributed by atoms with van der Waals surface area (Å²) in [6.07, 6.45) is 2.15. The fourth-order valence-corrected chi connectivity index (χ4v) is 1.77. The molecule has 1 rings (SSSR count). The molecular weight excluding hydrogens is 246 g/mol. The van der Waals surface area contributed by atoms with Crippen LogP contribution in [0.15, 0.2) is 18.2 Å². The van der Waals surface area contributed by atoms with Gasteiger partial charge < -0.3 is 10.1 Å². The Kier molecular flexibility index (Phi) is 5.97. The van der Waals surface area contributed by atoms with Crippen LogP contribution in [0.4, 0.5) is 0 Å². The lowest BCUT2D eigenvalue weighted by atomic mass is 10.1. The van der Waals surface area contributed by atoms with Crippen LogP contribution in [0.25, 0.3) is 0 Å². The summed E-state index contributed by atoms with van der Waals surface area (Å²) in [5, 5.41) is 4.15. The number of rotatable bonds is 6. The van der Waals surface area contributed by atoms with E-state index in [9.17, 15) is 0 Å². The van der Waals surface area contributed by atoms with Crippen molar-refractivity contribution in [2.75, 3.05) is 13.2 Å². The number of halogens is 1. The van der Waals surface area contributed by atoms with Gasteiger partial charge in [-0.1, -0.05) is 17.7 Å². The predicted molar refractivity (Wildman–Crippen MR) is 78.7 cm³/mol. The molecule has 0 aliphatic heterocycles. The first-order valence-corrected chi connectivity index (χ1v) is 6.90. The minimum Gasteiger partial charge on any atom is -0.492 e. The summed E-state index contributed by atoms with van der Waals surface area (Å²) in [5.41, 5.74) is 1.37. The second-order valence-electron chi connectivity index (χ2n) is 5.67. The molecule has 0 aliphatic carbocycles. The fraction of sp³-hybridized carbons (Fsp3) is 0.600. The van der Waals surface area contributed by atoms with E-state index in [0.29, 0.717) is 5.02 Å². The Morgan fingerprint density at radius 2 is 1.94 bits per heavy atom. The van der Waals surface area contributed by atoms with Gasteiger partial charge in [-0.3, -0.25) is 0 Å². The van der Waals surface area contributed by atoms with E-state index in [1.165, 1.54) is 5.56 Å². The quantitative estimate of drug-likeness (QED) is 0.782. The molecule has 1 aromatic carbocycles. The van der Waals surface area contributed by atoms with Crippen molar-refractivity contribution in [1.29, 1.82) is 0 Å². The number of aryl methyl sites for hydroxylation is 1. The smallest absolute Gasteiger partial charge is 0.138 e. The number of hydrogen-bond acceptors (Lipinski definition) is 2. The third kappa shape index (κ3) is 6.27. The highest BCUT2D eigenvalue weighted by Gasteiger charge is 2.07. The molecule has 102 valence electrons. The van der Waals surface area contributed by atoms with Gasteiger partial charge in [-0.25, -0.2) is 0 Å². The Labute approximate surface area is 116 Å². The van der Waals surface area contributed by atoms with Gasteiger partial charge in [-0.2, -0.15) is 0 Å². The van der Waals surface area contributed by atoms with Crippen molar-refractivity contribution in [3.63, 3.8) is 0 Å².